The van der Waals surface area contributed by atoms with Crippen molar-refractivity contribution in [2.75, 3.05) is 31.6 Å². The van der Waals surface area contributed by atoms with Crippen LogP contribution in [0.1, 0.15) is 62.2 Å². The Hall–Kier alpha value is -3.11. The minimum absolute atomic E-state index is 0.0367. The highest BCUT2D eigenvalue weighted by Gasteiger charge is 2.52. The first-order valence-electron chi connectivity index (χ1n) is 13.8. The van der Waals surface area contributed by atoms with Crippen molar-refractivity contribution in [1.29, 1.82) is 0 Å². The molecule has 0 aromatic heterocycles. The molecule has 2 amide bonds. The van der Waals surface area contributed by atoms with Crippen molar-refractivity contribution < 1.29 is 37.3 Å². The second kappa shape index (κ2) is 11.0. The maximum absolute atomic E-state index is 13.9. The minimum atomic E-state index is -4.61. The molecular formula is C30H35F3N2O5. The number of methoxy groups -OCH3 is 1. The van der Waals surface area contributed by atoms with Crippen LogP contribution in [0.15, 0.2) is 48.5 Å². The number of amides is 2. The number of β-amino-alcohol motifs (C(OH)–C–C–N with tert-alkyl or cyclic N) is 1. The van der Waals surface area contributed by atoms with E-state index in [0.29, 0.717) is 75.2 Å². The van der Waals surface area contributed by atoms with Crippen molar-refractivity contribution in [1.82, 2.24) is 4.90 Å². The van der Waals surface area contributed by atoms with Gasteiger partial charge in [-0.25, -0.2) is 0 Å². The lowest BCUT2D eigenvalue weighted by molar-refractivity contribution is -0.227. The van der Waals surface area contributed by atoms with Gasteiger partial charge in [-0.2, -0.15) is 13.2 Å². The fraction of sp³-hybridized carbons (Fsp3) is 0.533. The second-order valence-electron chi connectivity index (χ2n) is 11.3. The van der Waals surface area contributed by atoms with Crippen molar-refractivity contribution in [3.8, 4) is 5.75 Å². The van der Waals surface area contributed by atoms with Gasteiger partial charge < -0.3 is 24.4 Å². The molecule has 1 atom stereocenters. The van der Waals surface area contributed by atoms with Crippen molar-refractivity contribution in [2.45, 2.75) is 69.4 Å². The van der Waals surface area contributed by atoms with E-state index in [2.05, 4.69) is 0 Å². The smallest absolute Gasteiger partial charge is 0.418 e. The monoisotopic (exact) mass is 560 g/mol. The number of hydrogen-bond acceptors (Lipinski definition) is 5. The van der Waals surface area contributed by atoms with E-state index in [0.717, 1.165) is 6.42 Å². The van der Waals surface area contributed by atoms with E-state index in [-0.39, 0.29) is 24.0 Å². The summed E-state index contributed by atoms with van der Waals surface area (Å²) in [6.07, 6.45) is -2.84. The molecule has 0 radical (unpaired) electrons. The maximum atomic E-state index is 13.9. The van der Waals surface area contributed by atoms with Crippen LogP contribution in [-0.2, 0) is 20.9 Å². The van der Waals surface area contributed by atoms with Crippen LogP contribution in [0, 0.1) is 5.41 Å². The number of aliphatic hydroxyl groups is 1. The summed E-state index contributed by atoms with van der Waals surface area (Å²) in [6.45, 7) is 1.22. The zero-order chi connectivity index (χ0) is 28.5. The number of carbonyl (C=O) groups excluding carboxylic acids is 2. The summed E-state index contributed by atoms with van der Waals surface area (Å²) in [5.74, 6) is 0.620. The molecule has 2 saturated heterocycles. The molecule has 3 fully saturated rings. The number of hydrogen-bond donors (Lipinski definition) is 1. The van der Waals surface area contributed by atoms with Crippen LogP contribution in [0.2, 0.25) is 0 Å². The zero-order valence-corrected chi connectivity index (χ0v) is 22.6. The number of alkyl halides is 3. The van der Waals surface area contributed by atoms with Crippen LogP contribution in [-0.4, -0.2) is 60.3 Å². The molecule has 2 aromatic rings. The molecule has 0 bridgehead atoms. The first-order valence-corrected chi connectivity index (χ1v) is 13.8. The molecule has 5 rings (SSSR count). The number of anilines is 1. The number of halogens is 3. The summed E-state index contributed by atoms with van der Waals surface area (Å²) in [7, 11) is 1.51. The van der Waals surface area contributed by atoms with E-state index in [1.807, 2.05) is 0 Å². The molecule has 2 aliphatic heterocycles. The Kier molecular flexibility index (Phi) is 7.85. The van der Waals surface area contributed by atoms with E-state index in [9.17, 15) is 27.9 Å². The van der Waals surface area contributed by atoms with Crippen molar-refractivity contribution >= 4 is 17.5 Å². The largest absolute Gasteiger partial charge is 0.497 e. The molecular weight excluding hydrogens is 525 g/mol. The average Bonchev–Trinajstić information content (AvgIpc) is 3.48. The van der Waals surface area contributed by atoms with Crippen LogP contribution in [0.5, 0.6) is 5.75 Å². The van der Waals surface area contributed by atoms with Gasteiger partial charge in [-0.05, 0) is 73.9 Å². The van der Waals surface area contributed by atoms with Gasteiger partial charge in [-0.3, -0.25) is 9.59 Å². The van der Waals surface area contributed by atoms with E-state index in [4.69, 9.17) is 9.47 Å². The van der Waals surface area contributed by atoms with Gasteiger partial charge in [0, 0.05) is 31.7 Å². The third kappa shape index (κ3) is 5.83. The van der Waals surface area contributed by atoms with E-state index < -0.39 is 23.3 Å². The van der Waals surface area contributed by atoms with Crippen LogP contribution in [0.3, 0.4) is 0 Å². The molecule has 2 heterocycles. The van der Waals surface area contributed by atoms with Gasteiger partial charge >= 0.3 is 6.18 Å². The van der Waals surface area contributed by atoms with Gasteiger partial charge in [0.25, 0.3) is 0 Å². The second-order valence-corrected chi connectivity index (χ2v) is 11.3. The third-order valence-electron chi connectivity index (χ3n) is 8.69. The quantitative estimate of drug-likeness (QED) is 0.482. The highest BCUT2D eigenvalue weighted by molar-refractivity contribution is 6.00. The van der Waals surface area contributed by atoms with Crippen molar-refractivity contribution in [2.24, 2.45) is 5.41 Å². The lowest BCUT2D eigenvalue weighted by Gasteiger charge is -2.42. The lowest BCUT2D eigenvalue weighted by atomic mass is 9.67. The minimum Gasteiger partial charge on any atom is -0.497 e. The maximum Gasteiger partial charge on any atom is 0.418 e. The Morgan fingerprint density at radius 1 is 0.950 bits per heavy atom. The Balaban J connectivity index is 1.22. The summed E-state index contributed by atoms with van der Waals surface area (Å²) < 4.78 is 52.1. The standard InChI is InChI=1S/C30H35F3N2O5/c1-39-24-10-4-21(5-11-24)19-40-26(30(31,32)33)22-6-8-23(9-7-22)35-18-16-28(27(35)37)12-14-29(38,15-13-28)20-34-17-2-3-25(34)36/h4-11,26,38H,2-3,12-20H2,1H3/t26-,28?,29?/m1/s1. The van der Waals surface area contributed by atoms with E-state index in [1.165, 1.54) is 19.2 Å². The van der Waals surface area contributed by atoms with Crippen LogP contribution < -0.4 is 9.64 Å². The molecule has 2 aromatic carbocycles. The highest BCUT2D eigenvalue weighted by Crippen LogP contribution is 2.49. The van der Waals surface area contributed by atoms with Gasteiger partial charge in [0.05, 0.1) is 24.7 Å². The SMILES string of the molecule is COc1ccc(CO[C@H](c2ccc(N3CCC4(CCC(O)(CN5CCCC5=O)CC4)C3=O)cc2)C(F)(F)F)cc1. The zero-order valence-electron chi connectivity index (χ0n) is 22.6. The van der Waals surface area contributed by atoms with Crippen LogP contribution in [0.25, 0.3) is 0 Å². The fourth-order valence-corrected chi connectivity index (χ4v) is 6.22. The molecule has 0 unspecified atom stereocenters. The van der Waals surface area contributed by atoms with E-state index in [1.54, 1.807) is 46.2 Å². The first kappa shape index (κ1) is 28.4. The van der Waals surface area contributed by atoms with Crippen molar-refractivity contribution in [3.05, 3.63) is 59.7 Å². The summed E-state index contributed by atoms with van der Waals surface area (Å²) in [5.41, 5.74) is -0.476. The normalized spacial score (nSPS) is 26.1. The number of carbonyl (C=O) groups is 2. The summed E-state index contributed by atoms with van der Waals surface area (Å²) in [6, 6.07) is 12.5. The molecule has 1 spiro atoms. The predicted molar refractivity (Wildman–Crippen MR) is 142 cm³/mol. The highest BCUT2D eigenvalue weighted by atomic mass is 19.4. The van der Waals surface area contributed by atoms with Gasteiger partial charge in [-0.1, -0.05) is 24.3 Å². The molecule has 40 heavy (non-hydrogen) atoms. The van der Waals surface area contributed by atoms with Gasteiger partial charge in [-0.15, -0.1) is 0 Å². The molecule has 7 nitrogen and oxygen atoms in total. The fourth-order valence-electron chi connectivity index (χ4n) is 6.22. The summed E-state index contributed by atoms with van der Waals surface area (Å²) in [5, 5.41) is 11.1. The number of nitrogens with zero attached hydrogens (tertiary/aromatic N) is 2. The number of rotatable bonds is 8. The Morgan fingerprint density at radius 2 is 1.62 bits per heavy atom. The Morgan fingerprint density at radius 3 is 2.20 bits per heavy atom. The van der Waals surface area contributed by atoms with Crippen molar-refractivity contribution in [3.63, 3.8) is 0 Å². The molecule has 3 aliphatic rings. The number of likely N-dealkylation sites (tertiary alicyclic amines) is 1. The third-order valence-corrected chi connectivity index (χ3v) is 8.69. The summed E-state index contributed by atoms with van der Waals surface area (Å²) >= 11 is 0. The topological polar surface area (TPSA) is 79.3 Å². The summed E-state index contributed by atoms with van der Waals surface area (Å²) in [4.78, 5) is 28.9. The van der Waals surface area contributed by atoms with E-state index >= 15 is 0 Å². The number of ether oxygens (including phenoxy) is 2. The molecule has 1 aliphatic carbocycles. The molecule has 1 saturated carbocycles. The molecule has 1 N–H and O–H groups in total. The first-order chi connectivity index (χ1) is 19.0. The molecule has 10 heteroatoms. The van der Waals surface area contributed by atoms with Gasteiger partial charge in [0.1, 0.15) is 5.75 Å². The predicted octanol–water partition coefficient (Wildman–Crippen LogP) is 5.17. The lowest BCUT2D eigenvalue weighted by Crippen LogP contribution is -2.49. The number of benzene rings is 2. The van der Waals surface area contributed by atoms with Crippen LogP contribution in [0.4, 0.5) is 18.9 Å². The molecule has 216 valence electrons. The van der Waals surface area contributed by atoms with Gasteiger partial charge in [0.15, 0.2) is 6.10 Å². The average molecular weight is 561 g/mol. The van der Waals surface area contributed by atoms with Crippen LogP contribution >= 0.6 is 0 Å². The van der Waals surface area contributed by atoms with Gasteiger partial charge in [0.2, 0.25) is 11.8 Å². The Labute approximate surface area is 231 Å². The Bertz CT molecular complexity index is 1210.